The molecular weight excluding hydrogens is 387 g/mol. The molecular formula is C23H15FN2O2S. The van der Waals surface area contributed by atoms with Crippen LogP contribution in [0, 0.1) is 5.82 Å². The summed E-state index contributed by atoms with van der Waals surface area (Å²) in [5.74, 6) is 0.413. The average molecular weight is 402 g/mol. The standard InChI is InChI=1S/C23H15FN2O2S/c24-17-10-8-15(9-11-17)14-28-18-5-3-4-16(12-18)13-21-22(27)26-20-7-2-1-6-19(20)25-23(26)29-21/h1-13H,14H2. The van der Waals surface area contributed by atoms with E-state index in [0.717, 1.165) is 22.2 Å². The molecule has 5 aromatic rings. The number of fused-ring (bicyclic) bond motifs is 3. The van der Waals surface area contributed by atoms with E-state index in [1.165, 1.54) is 23.5 Å². The van der Waals surface area contributed by atoms with Gasteiger partial charge < -0.3 is 4.74 Å². The third-order valence-electron chi connectivity index (χ3n) is 4.62. The van der Waals surface area contributed by atoms with E-state index in [2.05, 4.69) is 4.98 Å². The van der Waals surface area contributed by atoms with Crippen molar-refractivity contribution in [3.63, 3.8) is 0 Å². The Labute approximate surface area is 169 Å². The van der Waals surface area contributed by atoms with Crippen molar-refractivity contribution in [2.24, 2.45) is 0 Å². The number of halogens is 1. The fourth-order valence-corrected chi connectivity index (χ4v) is 4.19. The predicted octanol–water partition coefficient (Wildman–Crippen LogP) is 4.18. The Kier molecular flexibility index (Phi) is 4.33. The van der Waals surface area contributed by atoms with Crippen molar-refractivity contribution in [3.8, 4) is 5.75 Å². The molecule has 0 N–H and O–H groups in total. The molecule has 142 valence electrons. The second-order valence-electron chi connectivity index (χ2n) is 6.62. The van der Waals surface area contributed by atoms with E-state index in [1.807, 2.05) is 54.6 Å². The first-order valence-electron chi connectivity index (χ1n) is 9.06. The molecule has 0 radical (unpaired) electrons. The highest BCUT2D eigenvalue weighted by Crippen LogP contribution is 2.18. The summed E-state index contributed by atoms with van der Waals surface area (Å²) in [6, 6.07) is 21.4. The number of rotatable bonds is 4. The highest BCUT2D eigenvalue weighted by atomic mass is 32.1. The van der Waals surface area contributed by atoms with Gasteiger partial charge in [-0.25, -0.2) is 13.8 Å². The Morgan fingerprint density at radius 1 is 1.03 bits per heavy atom. The van der Waals surface area contributed by atoms with Crippen molar-refractivity contribution in [3.05, 3.63) is 105 Å². The van der Waals surface area contributed by atoms with Crippen LogP contribution in [0.4, 0.5) is 4.39 Å². The van der Waals surface area contributed by atoms with Gasteiger partial charge in [-0.2, -0.15) is 0 Å². The van der Waals surface area contributed by atoms with Crippen LogP contribution in [0.1, 0.15) is 11.1 Å². The maximum atomic E-state index is 13.0. The topological polar surface area (TPSA) is 43.6 Å². The molecule has 5 rings (SSSR count). The number of thiazole rings is 1. The lowest BCUT2D eigenvalue weighted by Gasteiger charge is -2.07. The molecule has 2 heterocycles. The van der Waals surface area contributed by atoms with Crippen molar-refractivity contribution >= 4 is 33.4 Å². The number of benzene rings is 3. The summed E-state index contributed by atoms with van der Waals surface area (Å²) in [6.07, 6.45) is 1.85. The maximum Gasteiger partial charge on any atom is 0.274 e. The zero-order valence-electron chi connectivity index (χ0n) is 15.2. The van der Waals surface area contributed by atoms with Gasteiger partial charge in [0.2, 0.25) is 0 Å². The van der Waals surface area contributed by atoms with Gasteiger partial charge in [0.25, 0.3) is 5.56 Å². The first kappa shape index (κ1) is 17.6. The summed E-state index contributed by atoms with van der Waals surface area (Å²) in [4.78, 5) is 18.1. The summed E-state index contributed by atoms with van der Waals surface area (Å²) in [7, 11) is 0. The van der Waals surface area contributed by atoms with Gasteiger partial charge in [-0.15, -0.1) is 0 Å². The van der Waals surface area contributed by atoms with Gasteiger partial charge in [0.05, 0.1) is 15.6 Å². The number of hydrogen-bond donors (Lipinski definition) is 0. The number of imidazole rings is 1. The van der Waals surface area contributed by atoms with Crippen molar-refractivity contribution in [2.45, 2.75) is 6.61 Å². The minimum atomic E-state index is -0.270. The lowest BCUT2D eigenvalue weighted by molar-refractivity contribution is 0.306. The van der Waals surface area contributed by atoms with Gasteiger partial charge in [-0.3, -0.25) is 4.79 Å². The van der Waals surface area contributed by atoms with Gasteiger partial charge in [-0.1, -0.05) is 47.7 Å². The van der Waals surface area contributed by atoms with E-state index in [4.69, 9.17) is 4.74 Å². The zero-order valence-corrected chi connectivity index (χ0v) is 16.0. The zero-order chi connectivity index (χ0) is 19.8. The number of nitrogens with zero attached hydrogens (tertiary/aromatic N) is 2. The Morgan fingerprint density at radius 3 is 2.72 bits per heavy atom. The van der Waals surface area contributed by atoms with E-state index >= 15 is 0 Å². The Balaban J connectivity index is 1.46. The summed E-state index contributed by atoms with van der Waals surface area (Å²) >= 11 is 1.37. The second-order valence-corrected chi connectivity index (χ2v) is 7.63. The molecule has 0 atom stereocenters. The van der Waals surface area contributed by atoms with Crippen LogP contribution in [-0.2, 0) is 6.61 Å². The fourth-order valence-electron chi connectivity index (χ4n) is 3.20. The second kappa shape index (κ2) is 7.14. The van der Waals surface area contributed by atoms with Gasteiger partial charge in [0.15, 0.2) is 4.96 Å². The molecule has 0 fully saturated rings. The van der Waals surface area contributed by atoms with Crippen molar-refractivity contribution in [2.75, 3.05) is 0 Å². The highest BCUT2D eigenvalue weighted by Gasteiger charge is 2.10. The normalized spacial score (nSPS) is 12.1. The Hall–Kier alpha value is -3.51. The molecule has 0 aliphatic rings. The van der Waals surface area contributed by atoms with Gasteiger partial charge >= 0.3 is 0 Å². The first-order valence-corrected chi connectivity index (χ1v) is 9.88. The molecule has 4 nitrogen and oxygen atoms in total. The number of para-hydroxylation sites is 2. The van der Waals surface area contributed by atoms with Crippen molar-refractivity contribution in [1.29, 1.82) is 0 Å². The molecule has 0 saturated heterocycles. The molecule has 0 amide bonds. The predicted molar refractivity (Wildman–Crippen MR) is 113 cm³/mol. The smallest absolute Gasteiger partial charge is 0.274 e. The quantitative estimate of drug-likeness (QED) is 0.453. The van der Waals surface area contributed by atoms with Crippen LogP contribution in [0.5, 0.6) is 5.75 Å². The summed E-state index contributed by atoms with van der Waals surface area (Å²) in [6.45, 7) is 0.343. The van der Waals surface area contributed by atoms with Crippen LogP contribution < -0.4 is 14.8 Å². The molecule has 3 aromatic carbocycles. The Morgan fingerprint density at radius 2 is 1.86 bits per heavy atom. The van der Waals surface area contributed by atoms with E-state index in [1.54, 1.807) is 16.5 Å². The Bertz CT molecular complexity index is 1440. The molecule has 29 heavy (non-hydrogen) atoms. The number of hydrogen-bond acceptors (Lipinski definition) is 4. The van der Waals surface area contributed by atoms with Crippen LogP contribution in [0.3, 0.4) is 0 Å². The average Bonchev–Trinajstić information content (AvgIpc) is 3.24. The first-order chi connectivity index (χ1) is 14.2. The van der Waals surface area contributed by atoms with E-state index in [0.29, 0.717) is 21.8 Å². The maximum absolute atomic E-state index is 13.0. The largest absolute Gasteiger partial charge is 0.489 e. The molecule has 6 heteroatoms. The van der Waals surface area contributed by atoms with Crippen LogP contribution in [-0.4, -0.2) is 9.38 Å². The SMILES string of the molecule is O=c1c(=Cc2cccc(OCc3ccc(F)cc3)c2)sc2nc3ccccc3n12. The van der Waals surface area contributed by atoms with Crippen molar-refractivity contribution < 1.29 is 9.13 Å². The molecule has 0 bridgehead atoms. The van der Waals surface area contributed by atoms with Crippen LogP contribution in [0.15, 0.2) is 77.6 Å². The monoisotopic (exact) mass is 402 g/mol. The van der Waals surface area contributed by atoms with Gasteiger partial charge in [0, 0.05) is 0 Å². The highest BCUT2D eigenvalue weighted by molar-refractivity contribution is 7.15. The van der Waals surface area contributed by atoms with Crippen LogP contribution in [0.25, 0.3) is 22.1 Å². The van der Waals surface area contributed by atoms with E-state index in [9.17, 15) is 9.18 Å². The summed E-state index contributed by atoms with van der Waals surface area (Å²) in [5.41, 5.74) is 3.32. The number of aromatic nitrogens is 2. The molecule has 0 saturated carbocycles. The van der Waals surface area contributed by atoms with Crippen molar-refractivity contribution in [1.82, 2.24) is 9.38 Å². The summed E-state index contributed by atoms with van der Waals surface area (Å²) < 4.78 is 21.1. The lowest BCUT2D eigenvalue weighted by atomic mass is 10.2. The molecule has 0 aliphatic heterocycles. The van der Waals surface area contributed by atoms with Gasteiger partial charge in [0.1, 0.15) is 18.2 Å². The number of ether oxygens (including phenoxy) is 1. The van der Waals surface area contributed by atoms with E-state index < -0.39 is 0 Å². The van der Waals surface area contributed by atoms with Crippen LogP contribution in [0.2, 0.25) is 0 Å². The fraction of sp³-hybridized carbons (Fsp3) is 0.0435. The lowest BCUT2D eigenvalue weighted by Crippen LogP contribution is -2.22. The molecule has 2 aromatic heterocycles. The third-order valence-corrected chi connectivity index (χ3v) is 5.59. The van der Waals surface area contributed by atoms with Crippen LogP contribution >= 0.6 is 11.3 Å². The molecule has 0 unspecified atom stereocenters. The minimum Gasteiger partial charge on any atom is -0.489 e. The summed E-state index contributed by atoms with van der Waals surface area (Å²) in [5, 5.41) is 0. The third kappa shape index (κ3) is 3.39. The van der Waals surface area contributed by atoms with Gasteiger partial charge in [-0.05, 0) is 53.6 Å². The molecule has 0 spiro atoms. The molecule has 0 aliphatic carbocycles. The minimum absolute atomic E-state index is 0.0728. The van der Waals surface area contributed by atoms with E-state index in [-0.39, 0.29) is 11.4 Å².